The van der Waals surface area contributed by atoms with Gasteiger partial charge in [-0.25, -0.2) is 0 Å². The molecule has 5 nitrogen and oxygen atoms in total. The molecule has 10 heteroatoms. The fourth-order valence-corrected chi connectivity index (χ4v) is 25.1. The van der Waals surface area contributed by atoms with E-state index in [1.54, 1.807) is 31.7 Å². The monoisotopic (exact) mass is 588 g/mol. The smallest absolute Gasteiger partial charge is 0.456 e. The van der Waals surface area contributed by atoms with Crippen LogP contribution in [-0.4, -0.2) is 76.1 Å². The summed E-state index contributed by atoms with van der Waals surface area (Å²) < 4.78 is 29.4. The lowest BCUT2D eigenvalue weighted by Gasteiger charge is -2.37. The van der Waals surface area contributed by atoms with Gasteiger partial charge in [0, 0.05) is 40.6 Å². The van der Waals surface area contributed by atoms with Crippen LogP contribution in [0, 0.1) is 0 Å². The van der Waals surface area contributed by atoms with Crippen LogP contribution in [0.5, 0.6) is 0 Å². The van der Waals surface area contributed by atoms with Crippen molar-refractivity contribution in [2.45, 2.75) is 95.9 Å². The van der Waals surface area contributed by atoms with Gasteiger partial charge in [-0.15, -0.1) is 0 Å². The van der Waals surface area contributed by atoms with E-state index in [1.165, 1.54) is 24.6 Å². The first kappa shape index (κ1) is 34.1. The Kier molecular flexibility index (Phi) is 13.7. The number of ether oxygens (including phenoxy) is 1. The normalized spacial score (nSPS) is 13.9. The molecule has 210 valence electrons. The van der Waals surface area contributed by atoms with Gasteiger partial charge in [0.15, 0.2) is 16.6 Å². The van der Waals surface area contributed by atoms with Gasteiger partial charge in [-0.05, 0) is 51.6 Å². The molecule has 0 aliphatic carbocycles. The van der Waals surface area contributed by atoms with Gasteiger partial charge in [-0.1, -0.05) is 72.9 Å². The minimum Gasteiger partial charge on any atom is -0.456 e. The van der Waals surface area contributed by atoms with Gasteiger partial charge >= 0.3 is 8.80 Å². The van der Waals surface area contributed by atoms with Crippen molar-refractivity contribution in [2.24, 2.45) is 0 Å². The lowest BCUT2D eigenvalue weighted by atomic mass is 10.4. The highest BCUT2D eigenvalue weighted by Crippen LogP contribution is 2.29. The molecule has 0 amide bonds. The van der Waals surface area contributed by atoms with Gasteiger partial charge in [0.2, 0.25) is 0 Å². The average molecular weight is 589 g/mol. The molecule has 0 aliphatic rings. The number of rotatable bonds is 18. The van der Waals surface area contributed by atoms with Crippen LogP contribution >= 0.6 is 0 Å². The van der Waals surface area contributed by atoms with E-state index < -0.39 is 41.6 Å². The summed E-state index contributed by atoms with van der Waals surface area (Å²) in [6, 6.07) is 15.3. The molecule has 0 fully saturated rings. The van der Waals surface area contributed by atoms with E-state index in [-0.39, 0.29) is 0 Å². The molecule has 1 aromatic carbocycles. The lowest BCUT2D eigenvalue weighted by Crippen LogP contribution is -2.50. The van der Waals surface area contributed by atoms with Gasteiger partial charge in [0.05, 0.1) is 16.1 Å². The zero-order chi connectivity index (χ0) is 27.7. The van der Waals surface area contributed by atoms with E-state index in [0.29, 0.717) is 0 Å². The maximum atomic E-state index is 6.96. The largest absolute Gasteiger partial charge is 0.499 e. The van der Waals surface area contributed by atoms with E-state index in [0.717, 1.165) is 25.3 Å². The quantitative estimate of drug-likeness (QED) is 0.150. The molecule has 0 saturated heterocycles. The Morgan fingerprint density at radius 3 is 1.42 bits per heavy atom. The Bertz CT molecular complexity index is 756. The van der Waals surface area contributed by atoms with Gasteiger partial charge in [-0.3, -0.25) is 0 Å². The second-order valence-electron chi connectivity index (χ2n) is 12.6. The second kappa shape index (κ2) is 14.5. The minimum absolute atomic E-state index is 0.818. The third-order valence-corrected chi connectivity index (χ3v) is 25.6. The summed E-state index contributed by atoms with van der Waals surface area (Å²) in [5, 5.41) is 3.14. The summed E-state index contributed by atoms with van der Waals surface area (Å²) >= 11 is 0. The maximum Gasteiger partial charge on any atom is 0.499 e. The van der Waals surface area contributed by atoms with E-state index in [9.17, 15) is 0 Å². The Balaban J connectivity index is 2.75. The lowest BCUT2D eigenvalue weighted by molar-refractivity contribution is 0.125. The van der Waals surface area contributed by atoms with E-state index in [1.807, 2.05) is 0 Å². The van der Waals surface area contributed by atoms with Gasteiger partial charge < -0.3 is 22.1 Å². The van der Waals surface area contributed by atoms with Crippen LogP contribution in [0.2, 0.25) is 82.6 Å². The van der Waals surface area contributed by atoms with Crippen molar-refractivity contribution in [3.8, 4) is 0 Å². The van der Waals surface area contributed by atoms with Crippen molar-refractivity contribution in [3.63, 3.8) is 0 Å². The Labute approximate surface area is 228 Å². The predicted octanol–water partition coefficient (Wildman–Crippen LogP) is 6.25. The molecule has 0 saturated carbocycles. The second-order valence-corrected chi connectivity index (χ2v) is 34.2. The van der Waals surface area contributed by atoms with Crippen LogP contribution in [0.15, 0.2) is 24.3 Å². The summed E-state index contributed by atoms with van der Waals surface area (Å²) in [6.45, 7) is 23.3. The third-order valence-electron chi connectivity index (χ3n) is 7.61. The Hall–Kier alpha value is 0.104. The summed E-state index contributed by atoms with van der Waals surface area (Å²) in [5.41, 5.74) is 0. The zero-order valence-corrected chi connectivity index (χ0v) is 30.5. The van der Waals surface area contributed by atoms with Crippen LogP contribution in [0.1, 0.15) is 13.3 Å². The number of hydrogen-bond donors (Lipinski definition) is 0. The molecule has 0 radical (unpaired) electrons. The van der Waals surface area contributed by atoms with Crippen LogP contribution in [-0.2, 0) is 22.1 Å². The molecule has 0 heterocycles. The molecular formula is C26H56O5Si5. The van der Waals surface area contributed by atoms with Gasteiger partial charge in [0.1, 0.15) is 0 Å². The first-order valence-corrected chi connectivity index (χ1v) is 28.2. The highest BCUT2D eigenvalue weighted by Gasteiger charge is 2.42. The molecule has 0 aliphatic heterocycles. The van der Waals surface area contributed by atoms with Crippen molar-refractivity contribution >= 4 is 52.0 Å². The number of hydrogen-bond acceptors (Lipinski definition) is 5. The van der Waals surface area contributed by atoms with E-state index in [4.69, 9.17) is 22.1 Å². The van der Waals surface area contributed by atoms with Gasteiger partial charge in [0.25, 0.3) is 0 Å². The predicted molar refractivity (Wildman–Crippen MR) is 169 cm³/mol. The molecule has 0 aromatic heterocycles. The van der Waals surface area contributed by atoms with Crippen LogP contribution in [0.3, 0.4) is 0 Å². The average Bonchev–Trinajstić information content (AvgIpc) is 2.81. The SMILES string of the molecule is CCOCCC[Si](C)(C)c1ccc([Si](C)(C)CC[Si](C)(C)O[Si](C)(C)CC[Si](OC)(OC)OC)cc1. The molecular weight excluding hydrogens is 533 g/mol. The Morgan fingerprint density at radius 2 is 1.00 bits per heavy atom. The highest BCUT2D eigenvalue weighted by molar-refractivity contribution is 6.92. The van der Waals surface area contributed by atoms with Crippen LogP contribution in [0.4, 0.5) is 0 Å². The fraction of sp³-hybridized carbons (Fsp3) is 0.769. The van der Waals surface area contributed by atoms with Crippen molar-refractivity contribution in [1.29, 1.82) is 0 Å². The molecule has 1 aromatic rings. The maximum absolute atomic E-state index is 6.96. The molecule has 0 spiro atoms. The van der Waals surface area contributed by atoms with E-state index >= 15 is 0 Å². The van der Waals surface area contributed by atoms with Crippen LogP contribution in [0.25, 0.3) is 0 Å². The van der Waals surface area contributed by atoms with Crippen molar-refractivity contribution in [1.82, 2.24) is 0 Å². The van der Waals surface area contributed by atoms with Gasteiger partial charge in [-0.2, -0.15) is 0 Å². The van der Waals surface area contributed by atoms with Crippen molar-refractivity contribution in [3.05, 3.63) is 24.3 Å². The van der Waals surface area contributed by atoms with Crippen molar-refractivity contribution < 1.29 is 22.1 Å². The molecule has 0 unspecified atom stereocenters. The van der Waals surface area contributed by atoms with Crippen molar-refractivity contribution in [2.75, 3.05) is 34.5 Å². The van der Waals surface area contributed by atoms with E-state index in [2.05, 4.69) is 83.6 Å². The summed E-state index contributed by atoms with van der Waals surface area (Å²) in [4.78, 5) is 0. The number of benzene rings is 1. The highest BCUT2D eigenvalue weighted by atomic mass is 28.4. The van der Waals surface area contributed by atoms with Crippen LogP contribution < -0.4 is 10.4 Å². The first-order chi connectivity index (χ1) is 16.6. The molecule has 0 N–H and O–H groups in total. The summed E-state index contributed by atoms with van der Waals surface area (Å²) in [5.74, 6) is 0. The Morgan fingerprint density at radius 1 is 0.583 bits per heavy atom. The first-order valence-electron chi connectivity index (χ1n) is 13.6. The molecule has 0 bridgehead atoms. The minimum atomic E-state index is -2.55. The molecule has 36 heavy (non-hydrogen) atoms. The zero-order valence-electron chi connectivity index (χ0n) is 25.5. The molecule has 0 atom stereocenters. The topological polar surface area (TPSA) is 46.2 Å². The third kappa shape index (κ3) is 11.1. The summed E-state index contributed by atoms with van der Waals surface area (Å²) in [6.07, 6.45) is 1.17. The summed E-state index contributed by atoms with van der Waals surface area (Å²) in [7, 11) is -4.06. The standard InChI is InChI=1S/C26H56O5Si5/c1-13-30-19-14-20-32(5,6)25-15-17-26(18-16-25)33(7,8)21-22-34(9,10)31-35(11,12)23-24-36(27-2,28-3)29-4/h15-18H,13-14,19-24H2,1-12H3. The molecule has 1 rings (SSSR count). The fourth-order valence-electron chi connectivity index (χ4n) is 4.90.